The number of nitrogens with one attached hydrogen (secondary N) is 1. The van der Waals surface area contributed by atoms with E-state index in [1.54, 1.807) is 17.0 Å². The molecule has 5 heteroatoms. The molecule has 1 saturated heterocycles. The Hall–Kier alpha value is -2.04. The first-order valence-corrected chi connectivity index (χ1v) is 9.57. The molecule has 1 aliphatic heterocycles. The summed E-state index contributed by atoms with van der Waals surface area (Å²) in [5.74, 6) is 2.37. The average molecular weight is 375 g/mol. The van der Waals surface area contributed by atoms with Crippen molar-refractivity contribution in [3.63, 3.8) is 0 Å². The Kier molecular flexibility index (Phi) is 6.92. The standard InChI is InChI=1S/C21H24ClNO3/c22-17-5-7-20(8-6-17)26-21-11-9-19(10-12-21)25-16-18-4-3-14-23(18)13-1-2-15-24/h5-12,15,18H,1-4,13-14,16H2/p+1. The Morgan fingerprint density at radius 2 is 1.69 bits per heavy atom. The highest BCUT2D eigenvalue weighted by atomic mass is 35.5. The van der Waals surface area contributed by atoms with Gasteiger partial charge in [0.15, 0.2) is 0 Å². The number of benzene rings is 2. The number of likely N-dealkylation sites (tertiary alicyclic amines) is 1. The van der Waals surface area contributed by atoms with Gasteiger partial charge in [-0.05, 0) is 48.5 Å². The zero-order chi connectivity index (χ0) is 18.2. The maximum Gasteiger partial charge on any atom is 0.140 e. The Bertz CT molecular complexity index is 687. The molecule has 1 N–H and O–H groups in total. The van der Waals surface area contributed by atoms with Crippen molar-refractivity contribution >= 4 is 17.9 Å². The molecule has 0 bridgehead atoms. The third-order valence-corrected chi connectivity index (χ3v) is 5.02. The van der Waals surface area contributed by atoms with Crippen LogP contribution in [0, 0.1) is 0 Å². The monoisotopic (exact) mass is 374 g/mol. The van der Waals surface area contributed by atoms with E-state index < -0.39 is 0 Å². The lowest BCUT2D eigenvalue weighted by atomic mass is 10.2. The number of unbranched alkanes of at least 4 members (excludes halogenated alkanes) is 1. The highest BCUT2D eigenvalue weighted by molar-refractivity contribution is 6.30. The minimum Gasteiger partial charge on any atom is -0.487 e. The van der Waals surface area contributed by atoms with E-state index in [9.17, 15) is 4.79 Å². The number of ether oxygens (including phenoxy) is 2. The third-order valence-electron chi connectivity index (χ3n) is 4.77. The number of hydrogen-bond donors (Lipinski definition) is 1. The van der Waals surface area contributed by atoms with Gasteiger partial charge in [-0.3, -0.25) is 0 Å². The molecule has 1 heterocycles. The zero-order valence-electron chi connectivity index (χ0n) is 14.8. The summed E-state index contributed by atoms with van der Waals surface area (Å²) in [7, 11) is 0. The van der Waals surface area contributed by atoms with Crippen LogP contribution in [-0.4, -0.2) is 32.0 Å². The number of rotatable bonds is 9. The predicted octanol–water partition coefficient (Wildman–Crippen LogP) is 3.54. The molecule has 0 spiro atoms. The molecule has 0 aromatic heterocycles. The molecule has 0 radical (unpaired) electrons. The highest BCUT2D eigenvalue weighted by Gasteiger charge is 2.28. The van der Waals surface area contributed by atoms with E-state index >= 15 is 0 Å². The van der Waals surface area contributed by atoms with Crippen LogP contribution in [0.3, 0.4) is 0 Å². The van der Waals surface area contributed by atoms with Gasteiger partial charge in [0.05, 0.1) is 13.1 Å². The van der Waals surface area contributed by atoms with Gasteiger partial charge < -0.3 is 19.2 Å². The molecular weight excluding hydrogens is 350 g/mol. The van der Waals surface area contributed by atoms with E-state index in [-0.39, 0.29) is 0 Å². The Balaban J connectivity index is 1.48. The molecule has 0 saturated carbocycles. The van der Waals surface area contributed by atoms with E-state index in [1.807, 2.05) is 36.4 Å². The maximum atomic E-state index is 10.5. The number of hydrogen-bond acceptors (Lipinski definition) is 3. The molecule has 0 amide bonds. The molecule has 2 aromatic rings. The van der Waals surface area contributed by atoms with Crippen molar-refractivity contribution in [2.45, 2.75) is 31.7 Å². The summed E-state index contributed by atoms with van der Waals surface area (Å²) >= 11 is 5.88. The van der Waals surface area contributed by atoms with Gasteiger partial charge in [0.25, 0.3) is 0 Å². The molecule has 4 nitrogen and oxygen atoms in total. The normalized spacial score (nSPS) is 19.3. The predicted molar refractivity (Wildman–Crippen MR) is 102 cm³/mol. The van der Waals surface area contributed by atoms with Gasteiger partial charge in [-0.25, -0.2) is 0 Å². The van der Waals surface area contributed by atoms with Gasteiger partial charge in [0.2, 0.25) is 0 Å². The van der Waals surface area contributed by atoms with E-state index in [0.717, 1.165) is 36.5 Å². The van der Waals surface area contributed by atoms with Crippen molar-refractivity contribution in [2.24, 2.45) is 0 Å². The first-order chi connectivity index (χ1) is 12.7. The minimum absolute atomic E-state index is 0.520. The smallest absolute Gasteiger partial charge is 0.140 e. The van der Waals surface area contributed by atoms with Gasteiger partial charge in [0, 0.05) is 30.7 Å². The number of carbonyl (C=O) groups is 1. The van der Waals surface area contributed by atoms with Gasteiger partial charge in [-0.15, -0.1) is 0 Å². The van der Waals surface area contributed by atoms with Crippen molar-refractivity contribution in [3.8, 4) is 17.2 Å². The molecule has 1 aliphatic rings. The van der Waals surface area contributed by atoms with E-state index in [1.165, 1.54) is 19.4 Å². The minimum atomic E-state index is 0.520. The topological polar surface area (TPSA) is 40.0 Å². The van der Waals surface area contributed by atoms with Crippen LogP contribution in [0.4, 0.5) is 0 Å². The third kappa shape index (κ3) is 5.48. The molecular formula is C21H25ClNO3+. The second-order valence-electron chi connectivity index (χ2n) is 6.64. The SMILES string of the molecule is O=CCCC[NH+]1CCCC1COc1ccc(Oc2ccc(Cl)cc2)cc1. The van der Waals surface area contributed by atoms with Crippen LogP contribution >= 0.6 is 11.6 Å². The molecule has 138 valence electrons. The number of halogens is 1. The largest absolute Gasteiger partial charge is 0.487 e. The van der Waals surface area contributed by atoms with Gasteiger partial charge in [0.1, 0.15) is 36.2 Å². The lowest BCUT2D eigenvalue weighted by Gasteiger charge is -2.21. The van der Waals surface area contributed by atoms with Gasteiger partial charge >= 0.3 is 0 Å². The number of carbonyl (C=O) groups excluding carboxylic acids is 1. The lowest BCUT2D eigenvalue weighted by Crippen LogP contribution is -3.14. The van der Waals surface area contributed by atoms with E-state index in [2.05, 4.69) is 0 Å². The lowest BCUT2D eigenvalue weighted by molar-refractivity contribution is -0.912. The summed E-state index contributed by atoms with van der Waals surface area (Å²) in [5.41, 5.74) is 0. The summed E-state index contributed by atoms with van der Waals surface area (Å²) in [6, 6.07) is 15.5. The fourth-order valence-electron chi connectivity index (χ4n) is 3.37. The van der Waals surface area contributed by atoms with Crippen molar-refractivity contribution in [3.05, 3.63) is 53.6 Å². The Morgan fingerprint density at radius 1 is 1.04 bits per heavy atom. The fourth-order valence-corrected chi connectivity index (χ4v) is 3.49. The van der Waals surface area contributed by atoms with Crippen LogP contribution in [0.15, 0.2) is 48.5 Å². The maximum absolute atomic E-state index is 10.5. The van der Waals surface area contributed by atoms with Crippen LogP contribution in [0.25, 0.3) is 0 Å². The number of aldehydes is 1. The quantitative estimate of drug-likeness (QED) is 0.539. The molecule has 2 unspecified atom stereocenters. The summed E-state index contributed by atoms with van der Waals surface area (Å²) in [6.45, 7) is 2.95. The summed E-state index contributed by atoms with van der Waals surface area (Å²) in [4.78, 5) is 12.0. The first kappa shape index (κ1) is 18.7. The van der Waals surface area contributed by atoms with E-state index in [0.29, 0.717) is 24.1 Å². The average Bonchev–Trinajstić information content (AvgIpc) is 3.11. The summed E-state index contributed by atoms with van der Waals surface area (Å²) in [6.07, 6.45) is 5.05. The Labute approximate surface area is 159 Å². The first-order valence-electron chi connectivity index (χ1n) is 9.19. The fraction of sp³-hybridized carbons (Fsp3) is 0.381. The second-order valence-corrected chi connectivity index (χ2v) is 7.08. The zero-order valence-corrected chi connectivity index (χ0v) is 15.6. The molecule has 1 fully saturated rings. The van der Waals surface area contributed by atoms with Crippen molar-refractivity contribution < 1.29 is 19.2 Å². The van der Waals surface area contributed by atoms with Crippen LogP contribution in [0.5, 0.6) is 17.2 Å². The summed E-state index contributed by atoms with van der Waals surface area (Å²) < 4.78 is 11.8. The molecule has 3 rings (SSSR count). The molecule has 2 aromatic carbocycles. The number of quaternary nitrogens is 1. The van der Waals surface area contributed by atoms with Crippen LogP contribution in [-0.2, 0) is 4.79 Å². The van der Waals surface area contributed by atoms with Crippen molar-refractivity contribution in [1.29, 1.82) is 0 Å². The highest BCUT2D eigenvalue weighted by Crippen LogP contribution is 2.25. The van der Waals surface area contributed by atoms with Crippen molar-refractivity contribution in [1.82, 2.24) is 0 Å². The van der Waals surface area contributed by atoms with Crippen LogP contribution in [0.1, 0.15) is 25.7 Å². The molecule has 0 aliphatic carbocycles. The Morgan fingerprint density at radius 3 is 2.38 bits per heavy atom. The van der Waals surface area contributed by atoms with Gasteiger partial charge in [-0.2, -0.15) is 0 Å². The van der Waals surface area contributed by atoms with Crippen LogP contribution < -0.4 is 14.4 Å². The summed E-state index contributed by atoms with van der Waals surface area (Å²) in [5, 5.41) is 0.690. The molecule has 26 heavy (non-hydrogen) atoms. The second kappa shape index (κ2) is 9.60. The molecule has 2 atom stereocenters. The van der Waals surface area contributed by atoms with Gasteiger partial charge in [-0.1, -0.05) is 11.6 Å². The van der Waals surface area contributed by atoms with E-state index in [4.69, 9.17) is 21.1 Å². The van der Waals surface area contributed by atoms with Crippen molar-refractivity contribution in [2.75, 3.05) is 19.7 Å². The van der Waals surface area contributed by atoms with Crippen LogP contribution in [0.2, 0.25) is 5.02 Å².